The van der Waals surface area contributed by atoms with Gasteiger partial charge in [-0.1, -0.05) is 11.6 Å². The van der Waals surface area contributed by atoms with Gasteiger partial charge in [0.2, 0.25) is 0 Å². The number of fused-ring (bicyclic) bond motifs is 1. The second-order valence-corrected chi connectivity index (χ2v) is 5.29. The van der Waals surface area contributed by atoms with E-state index >= 15 is 0 Å². The van der Waals surface area contributed by atoms with Gasteiger partial charge in [0.15, 0.2) is 0 Å². The topological polar surface area (TPSA) is 52.9 Å². The number of halogens is 2. The highest BCUT2D eigenvalue weighted by Crippen LogP contribution is 2.40. The summed E-state index contributed by atoms with van der Waals surface area (Å²) in [6.45, 7) is 0. The molecule has 1 saturated carbocycles. The van der Waals surface area contributed by atoms with E-state index in [2.05, 4.69) is 5.10 Å². The van der Waals surface area contributed by atoms with E-state index in [4.69, 9.17) is 16.7 Å². The highest BCUT2D eigenvalue weighted by molar-refractivity contribution is 6.36. The smallest absolute Gasteiger partial charge is 0.352 e. The molecule has 1 fully saturated rings. The van der Waals surface area contributed by atoms with Crippen LogP contribution in [0.2, 0.25) is 0 Å². The molecule has 0 spiro atoms. The van der Waals surface area contributed by atoms with Crippen LogP contribution in [0.1, 0.15) is 25.7 Å². The summed E-state index contributed by atoms with van der Waals surface area (Å²) in [5.41, 5.74) is 0.839. The molecule has 1 aliphatic heterocycles. The third-order valence-corrected chi connectivity index (χ3v) is 3.80. The monoisotopic (exact) mass is 270 g/mol. The highest BCUT2D eigenvalue weighted by atomic mass is 35.5. The first-order valence-electron chi connectivity index (χ1n) is 5.90. The van der Waals surface area contributed by atoms with E-state index in [0.717, 1.165) is 18.4 Å². The van der Waals surface area contributed by atoms with Gasteiger partial charge in [-0.25, -0.2) is 9.18 Å². The second-order valence-electron chi connectivity index (χ2n) is 4.83. The second kappa shape index (κ2) is 4.09. The van der Waals surface area contributed by atoms with Gasteiger partial charge in [0.05, 0.1) is 11.1 Å². The Balaban J connectivity index is 1.97. The molecule has 18 heavy (non-hydrogen) atoms. The lowest BCUT2D eigenvalue weighted by Crippen LogP contribution is -2.42. The lowest BCUT2D eigenvalue weighted by molar-refractivity contribution is -0.129. The van der Waals surface area contributed by atoms with Crippen LogP contribution in [0.4, 0.5) is 4.39 Å². The molecule has 1 heterocycles. The Morgan fingerprint density at radius 3 is 2.89 bits per heavy atom. The molecule has 96 valence electrons. The van der Waals surface area contributed by atoms with Crippen LogP contribution in [-0.4, -0.2) is 33.9 Å². The quantitative estimate of drug-likeness (QED) is 0.838. The molecule has 0 aromatic carbocycles. The van der Waals surface area contributed by atoms with Crippen LogP contribution in [-0.2, 0) is 4.79 Å². The number of carboxylic acids is 1. The van der Waals surface area contributed by atoms with E-state index < -0.39 is 11.8 Å². The number of hydrazone groups is 1. The summed E-state index contributed by atoms with van der Waals surface area (Å²) in [6, 6.07) is 0.200. The summed E-state index contributed by atoms with van der Waals surface area (Å²) in [7, 11) is 0. The van der Waals surface area contributed by atoms with Crippen molar-refractivity contribution in [3.05, 3.63) is 22.5 Å². The molecule has 0 radical (unpaired) electrons. The highest BCUT2D eigenvalue weighted by Gasteiger charge is 2.40. The Morgan fingerprint density at radius 1 is 1.56 bits per heavy atom. The molecule has 6 heteroatoms. The van der Waals surface area contributed by atoms with E-state index in [1.807, 2.05) is 0 Å². The Labute approximate surface area is 108 Å². The summed E-state index contributed by atoms with van der Waals surface area (Å²) in [6.07, 6.45) is 3.95. The summed E-state index contributed by atoms with van der Waals surface area (Å²) < 4.78 is 13.5. The van der Waals surface area contributed by atoms with Crippen molar-refractivity contribution in [2.75, 3.05) is 0 Å². The van der Waals surface area contributed by atoms with Crippen LogP contribution in [0.3, 0.4) is 0 Å². The molecule has 1 N–H and O–H groups in total. The van der Waals surface area contributed by atoms with Crippen molar-refractivity contribution in [1.82, 2.24) is 5.01 Å². The molecule has 1 atom stereocenters. The maximum Gasteiger partial charge on any atom is 0.352 e. The molecular weight excluding hydrogens is 259 g/mol. The Hall–Kier alpha value is -1.36. The number of hydrogen-bond donors (Lipinski definition) is 1. The van der Waals surface area contributed by atoms with Crippen molar-refractivity contribution >= 4 is 23.3 Å². The first-order chi connectivity index (χ1) is 8.56. The van der Waals surface area contributed by atoms with Gasteiger partial charge in [-0.05, 0) is 24.5 Å². The number of aliphatic carboxylic acids is 1. The SMILES string of the molecule is O=C(O)C1=NN(C2CC2)C2CC(Cl)=C(F)C=C2C1. The van der Waals surface area contributed by atoms with Gasteiger partial charge in [0, 0.05) is 18.9 Å². The van der Waals surface area contributed by atoms with E-state index in [1.54, 1.807) is 5.01 Å². The molecule has 0 aromatic rings. The van der Waals surface area contributed by atoms with Crippen molar-refractivity contribution in [2.24, 2.45) is 5.10 Å². The molecule has 0 bridgehead atoms. The fourth-order valence-electron chi connectivity index (χ4n) is 2.40. The molecule has 0 aromatic heterocycles. The van der Waals surface area contributed by atoms with Crippen LogP contribution in [0.5, 0.6) is 0 Å². The van der Waals surface area contributed by atoms with Crippen molar-refractivity contribution < 1.29 is 14.3 Å². The fraction of sp³-hybridized carbons (Fsp3) is 0.500. The zero-order valence-electron chi connectivity index (χ0n) is 9.57. The van der Waals surface area contributed by atoms with Gasteiger partial charge in [0.1, 0.15) is 11.5 Å². The van der Waals surface area contributed by atoms with Crippen molar-refractivity contribution in [3.63, 3.8) is 0 Å². The number of rotatable bonds is 2. The van der Waals surface area contributed by atoms with Crippen molar-refractivity contribution in [1.29, 1.82) is 0 Å². The van der Waals surface area contributed by atoms with Gasteiger partial charge in [-0.3, -0.25) is 5.01 Å². The van der Waals surface area contributed by atoms with Gasteiger partial charge in [0.25, 0.3) is 0 Å². The van der Waals surface area contributed by atoms with Gasteiger partial charge in [-0.15, -0.1) is 0 Å². The molecular formula is C12H12ClFN2O2. The summed E-state index contributed by atoms with van der Waals surface area (Å²) in [4.78, 5) is 11.0. The lowest BCUT2D eigenvalue weighted by atomic mass is 9.91. The Morgan fingerprint density at radius 2 is 2.28 bits per heavy atom. The minimum absolute atomic E-state index is 0.0763. The summed E-state index contributed by atoms with van der Waals surface area (Å²) in [5, 5.41) is 15.2. The molecule has 0 amide bonds. The normalized spacial score (nSPS) is 27.7. The van der Waals surface area contributed by atoms with E-state index in [0.29, 0.717) is 6.42 Å². The van der Waals surface area contributed by atoms with E-state index in [1.165, 1.54) is 6.08 Å². The minimum atomic E-state index is -1.04. The minimum Gasteiger partial charge on any atom is -0.477 e. The average molecular weight is 271 g/mol. The molecule has 4 nitrogen and oxygen atoms in total. The van der Waals surface area contributed by atoms with Crippen LogP contribution >= 0.6 is 11.6 Å². The molecule has 3 aliphatic rings. The zero-order valence-corrected chi connectivity index (χ0v) is 10.3. The first-order valence-corrected chi connectivity index (χ1v) is 6.28. The van der Waals surface area contributed by atoms with Crippen LogP contribution in [0.25, 0.3) is 0 Å². The standard InChI is InChI=1S/C12H12ClFN2O2/c13-8-5-11-6(3-9(8)14)4-10(12(17)18)15-16(11)7-1-2-7/h3,7,11H,1-2,4-5H2,(H,17,18). The largest absolute Gasteiger partial charge is 0.477 e. The van der Waals surface area contributed by atoms with Crippen molar-refractivity contribution in [2.45, 2.75) is 37.8 Å². The summed E-state index contributed by atoms with van der Waals surface area (Å²) >= 11 is 5.84. The number of allylic oxidation sites excluding steroid dienone is 2. The number of nitrogens with zero attached hydrogens (tertiary/aromatic N) is 2. The van der Waals surface area contributed by atoms with Gasteiger partial charge in [-0.2, -0.15) is 5.10 Å². The number of carbonyl (C=O) groups is 1. The average Bonchev–Trinajstić information content (AvgIpc) is 3.13. The molecule has 1 unspecified atom stereocenters. The van der Waals surface area contributed by atoms with Crippen LogP contribution in [0.15, 0.2) is 27.6 Å². The van der Waals surface area contributed by atoms with Crippen molar-refractivity contribution in [3.8, 4) is 0 Å². The number of carboxylic acid groups (broad SMARTS) is 1. The zero-order chi connectivity index (χ0) is 12.9. The van der Waals surface area contributed by atoms with E-state index in [9.17, 15) is 9.18 Å². The predicted molar refractivity (Wildman–Crippen MR) is 65.0 cm³/mol. The van der Waals surface area contributed by atoms with E-state index in [-0.39, 0.29) is 29.2 Å². The third-order valence-electron chi connectivity index (χ3n) is 3.47. The predicted octanol–water partition coefficient (Wildman–Crippen LogP) is 2.41. The van der Waals surface area contributed by atoms with Gasteiger partial charge < -0.3 is 5.11 Å². The van der Waals surface area contributed by atoms with Gasteiger partial charge >= 0.3 is 5.97 Å². The molecule has 2 aliphatic carbocycles. The van der Waals surface area contributed by atoms with Crippen LogP contribution < -0.4 is 0 Å². The fourth-order valence-corrected chi connectivity index (χ4v) is 2.60. The maximum atomic E-state index is 13.5. The summed E-state index contributed by atoms with van der Waals surface area (Å²) in [5.74, 6) is -1.49. The molecule has 0 saturated heterocycles. The Bertz CT molecular complexity index is 508. The number of hydrogen-bond acceptors (Lipinski definition) is 3. The molecule has 3 rings (SSSR count). The first kappa shape index (κ1) is 11.7. The third kappa shape index (κ3) is 1.92. The Kier molecular flexibility index (Phi) is 2.66. The van der Waals surface area contributed by atoms with Crippen LogP contribution in [0, 0.1) is 0 Å². The lowest BCUT2D eigenvalue weighted by Gasteiger charge is -2.37. The maximum absolute atomic E-state index is 13.5.